The topological polar surface area (TPSA) is 86.3 Å². The fourth-order valence-corrected chi connectivity index (χ4v) is 3.78. The number of benzene rings is 1. The number of nitrogens with zero attached hydrogens (tertiary/aromatic N) is 1. The summed E-state index contributed by atoms with van der Waals surface area (Å²) in [4.78, 5) is 25.7. The van der Waals surface area contributed by atoms with E-state index < -0.39 is 0 Å². The molecule has 1 aliphatic rings. The van der Waals surface area contributed by atoms with Crippen molar-refractivity contribution in [2.75, 3.05) is 20.2 Å². The molecule has 6 nitrogen and oxygen atoms in total. The molecule has 3 rings (SSSR count). The van der Waals surface area contributed by atoms with E-state index in [0.29, 0.717) is 36.5 Å². The minimum atomic E-state index is -0.125. The van der Waals surface area contributed by atoms with Crippen LogP contribution >= 0.6 is 11.6 Å². The van der Waals surface area contributed by atoms with Crippen LogP contribution in [0.1, 0.15) is 45.7 Å². The van der Waals surface area contributed by atoms with Crippen molar-refractivity contribution in [1.29, 1.82) is 0 Å². The SMILES string of the molecule is COC1=Cc2c(CC(=O)NCCCN)c(C)n(C(=O)c3ccc(Cl)cc3)c2CC1. The molecule has 0 fully saturated rings. The molecule has 29 heavy (non-hydrogen) atoms. The molecule has 0 saturated carbocycles. The van der Waals surface area contributed by atoms with E-state index in [-0.39, 0.29) is 18.2 Å². The Morgan fingerprint density at radius 3 is 2.62 bits per heavy atom. The zero-order valence-corrected chi connectivity index (χ0v) is 17.5. The van der Waals surface area contributed by atoms with Crippen molar-refractivity contribution >= 4 is 29.5 Å². The first-order chi connectivity index (χ1) is 14.0. The van der Waals surface area contributed by atoms with Gasteiger partial charge in [-0.15, -0.1) is 0 Å². The molecule has 0 atom stereocenters. The molecule has 154 valence electrons. The summed E-state index contributed by atoms with van der Waals surface area (Å²) in [6.45, 7) is 2.95. The lowest BCUT2D eigenvalue weighted by atomic mass is 9.97. The van der Waals surface area contributed by atoms with E-state index >= 15 is 0 Å². The number of hydrogen-bond donors (Lipinski definition) is 2. The number of carbonyl (C=O) groups is 2. The first-order valence-electron chi connectivity index (χ1n) is 9.71. The number of amides is 1. The number of nitrogens with two attached hydrogens (primary N) is 1. The van der Waals surface area contributed by atoms with Crippen molar-refractivity contribution in [1.82, 2.24) is 9.88 Å². The molecule has 1 aromatic heterocycles. The van der Waals surface area contributed by atoms with Gasteiger partial charge in [-0.3, -0.25) is 14.2 Å². The van der Waals surface area contributed by atoms with E-state index in [1.165, 1.54) is 0 Å². The van der Waals surface area contributed by atoms with E-state index in [4.69, 9.17) is 22.1 Å². The van der Waals surface area contributed by atoms with Crippen molar-refractivity contribution in [2.24, 2.45) is 5.73 Å². The molecule has 1 aliphatic carbocycles. The van der Waals surface area contributed by atoms with Gasteiger partial charge in [-0.25, -0.2) is 0 Å². The number of allylic oxidation sites excluding steroid dienone is 1. The lowest BCUT2D eigenvalue weighted by Crippen LogP contribution is -2.27. The first-order valence-corrected chi connectivity index (χ1v) is 10.1. The quantitative estimate of drug-likeness (QED) is 0.680. The highest BCUT2D eigenvalue weighted by molar-refractivity contribution is 6.30. The predicted octanol–water partition coefficient (Wildman–Crippen LogP) is 3.08. The number of carbonyl (C=O) groups excluding carboxylic acids is 2. The second-order valence-electron chi connectivity index (χ2n) is 7.06. The summed E-state index contributed by atoms with van der Waals surface area (Å²) in [5.41, 5.74) is 9.48. The van der Waals surface area contributed by atoms with Gasteiger partial charge in [-0.1, -0.05) is 11.6 Å². The van der Waals surface area contributed by atoms with Crippen LogP contribution in [0.25, 0.3) is 6.08 Å². The fraction of sp³-hybridized carbons (Fsp3) is 0.364. The number of halogens is 1. The number of ether oxygens (including phenoxy) is 1. The van der Waals surface area contributed by atoms with Crippen molar-refractivity contribution < 1.29 is 14.3 Å². The average molecular weight is 416 g/mol. The Morgan fingerprint density at radius 1 is 1.24 bits per heavy atom. The number of fused-ring (bicyclic) bond motifs is 1. The predicted molar refractivity (Wildman–Crippen MR) is 114 cm³/mol. The Morgan fingerprint density at radius 2 is 1.97 bits per heavy atom. The highest BCUT2D eigenvalue weighted by Gasteiger charge is 2.27. The second kappa shape index (κ2) is 9.29. The Balaban J connectivity index is 2.00. The normalized spacial score (nSPS) is 12.9. The largest absolute Gasteiger partial charge is 0.501 e. The molecule has 1 aromatic carbocycles. The van der Waals surface area contributed by atoms with Crippen LogP contribution in [0.3, 0.4) is 0 Å². The molecule has 0 saturated heterocycles. The smallest absolute Gasteiger partial charge is 0.262 e. The van der Waals surface area contributed by atoms with Crippen LogP contribution in [-0.2, 0) is 22.4 Å². The van der Waals surface area contributed by atoms with Crippen LogP contribution in [0.15, 0.2) is 30.0 Å². The standard InChI is InChI=1S/C22H26ClN3O3/c1-14-18(13-21(27)25-11-3-10-24)19-12-17(29-2)8-9-20(19)26(14)22(28)15-4-6-16(23)7-5-15/h4-7,12H,3,8-11,13,24H2,1-2H3,(H,25,27). The van der Waals surface area contributed by atoms with Gasteiger partial charge in [-0.05, 0) is 62.2 Å². The van der Waals surface area contributed by atoms with Gasteiger partial charge < -0.3 is 15.8 Å². The number of methoxy groups -OCH3 is 1. The second-order valence-corrected chi connectivity index (χ2v) is 7.49. The van der Waals surface area contributed by atoms with Crippen molar-refractivity contribution in [3.05, 3.63) is 63.1 Å². The average Bonchev–Trinajstić information content (AvgIpc) is 2.99. The maximum Gasteiger partial charge on any atom is 0.262 e. The van der Waals surface area contributed by atoms with Crippen LogP contribution in [0.2, 0.25) is 5.02 Å². The van der Waals surface area contributed by atoms with E-state index in [1.54, 1.807) is 35.9 Å². The Labute approximate surface area is 175 Å². The fourth-order valence-electron chi connectivity index (χ4n) is 3.65. The third-order valence-electron chi connectivity index (χ3n) is 5.19. The minimum Gasteiger partial charge on any atom is -0.501 e. The Bertz CT molecular complexity index is 945. The summed E-state index contributed by atoms with van der Waals surface area (Å²) in [5.74, 6) is 0.635. The minimum absolute atomic E-state index is 0.0848. The van der Waals surface area contributed by atoms with Crippen LogP contribution in [0.5, 0.6) is 0 Å². The third-order valence-corrected chi connectivity index (χ3v) is 5.44. The van der Waals surface area contributed by atoms with Crippen LogP contribution in [0, 0.1) is 6.92 Å². The van der Waals surface area contributed by atoms with Gasteiger partial charge in [0.15, 0.2) is 0 Å². The molecule has 1 heterocycles. The van der Waals surface area contributed by atoms with Gasteiger partial charge in [0, 0.05) is 40.5 Å². The van der Waals surface area contributed by atoms with E-state index in [0.717, 1.165) is 34.7 Å². The molecule has 0 aliphatic heterocycles. The van der Waals surface area contributed by atoms with Gasteiger partial charge in [0.2, 0.25) is 5.91 Å². The van der Waals surface area contributed by atoms with E-state index in [9.17, 15) is 9.59 Å². The lowest BCUT2D eigenvalue weighted by Gasteiger charge is -2.16. The Hall–Kier alpha value is -2.57. The van der Waals surface area contributed by atoms with Crippen molar-refractivity contribution in [2.45, 2.75) is 32.6 Å². The molecule has 0 radical (unpaired) electrons. The monoisotopic (exact) mass is 415 g/mol. The Kier molecular flexibility index (Phi) is 6.77. The van der Waals surface area contributed by atoms with Crippen molar-refractivity contribution in [3.63, 3.8) is 0 Å². The lowest BCUT2D eigenvalue weighted by molar-refractivity contribution is -0.120. The third kappa shape index (κ3) is 4.54. The van der Waals surface area contributed by atoms with Gasteiger partial charge in [0.05, 0.1) is 19.3 Å². The molecule has 0 unspecified atom stereocenters. The van der Waals surface area contributed by atoms with E-state index in [2.05, 4.69) is 5.32 Å². The van der Waals surface area contributed by atoms with E-state index in [1.807, 2.05) is 13.0 Å². The van der Waals surface area contributed by atoms with Gasteiger partial charge >= 0.3 is 0 Å². The molecule has 2 aromatic rings. The van der Waals surface area contributed by atoms with Crippen molar-refractivity contribution in [3.8, 4) is 0 Å². The molecular weight excluding hydrogens is 390 g/mol. The first kappa shape index (κ1) is 21.1. The highest BCUT2D eigenvalue weighted by atomic mass is 35.5. The molecule has 0 spiro atoms. The zero-order valence-electron chi connectivity index (χ0n) is 16.8. The van der Waals surface area contributed by atoms with Crippen LogP contribution in [0.4, 0.5) is 0 Å². The van der Waals surface area contributed by atoms with Gasteiger partial charge in [-0.2, -0.15) is 0 Å². The molecule has 7 heteroatoms. The molecule has 0 bridgehead atoms. The highest BCUT2D eigenvalue weighted by Crippen LogP contribution is 2.33. The number of rotatable bonds is 7. The maximum atomic E-state index is 13.3. The van der Waals surface area contributed by atoms with Gasteiger partial charge in [0.1, 0.15) is 0 Å². The summed E-state index contributed by atoms with van der Waals surface area (Å²) in [6.07, 6.45) is 4.26. The summed E-state index contributed by atoms with van der Waals surface area (Å²) >= 11 is 5.96. The summed E-state index contributed by atoms with van der Waals surface area (Å²) in [5, 5.41) is 3.47. The maximum absolute atomic E-state index is 13.3. The molecular formula is C22H26ClN3O3. The zero-order chi connectivity index (χ0) is 21.0. The summed E-state index contributed by atoms with van der Waals surface area (Å²) < 4.78 is 7.16. The summed E-state index contributed by atoms with van der Waals surface area (Å²) in [7, 11) is 1.64. The number of hydrogen-bond acceptors (Lipinski definition) is 4. The number of aromatic nitrogens is 1. The van der Waals surface area contributed by atoms with Crippen LogP contribution < -0.4 is 11.1 Å². The number of nitrogens with one attached hydrogen (secondary N) is 1. The molecule has 3 N–H and O–H groups in total. The molecule has 1 amide bonds. The van der Waals surface area contributed by atoms with Crippen LogP contribution in [-0.4, -0.2) is 36.6 Å². The van der Waals surface area contributed by atoms with Gasteiger partial charge in [0.25, 0.3) is 5.91 Å². The summed E-state index contributed by atoms with van der Waals surface area (Å²) in [6, 6.07) is 6.84.